The van der Waals surface area contributed by atoms with Gasteiger partial charge in [-0.25, -0.2) is 0 Å². The van der Waals surface area contributed by atoms with E-state index in [1.54, 1.807) is 48.5 Å². The standard InChI is InChI=1S/C21H16Br2ClNO3/c22-18-14-9-15(19(18)23)17-16(14)20(26)25(21(17)27)11-3-7-13(8-4-11)28-12-5-1-10(24)2-6-12/h1-8,14-19H,9H2/t14-,15-,16-,17-,18-,19+/m0/s1. The van der Waals surface area contributed by atoms with Gasteiger partial charge >= 0.3 is 0 Å². The first-order valence-electron chi connectivity index (χ1n) is 9.15. The summed E-state index contributed by atoms with van der Waals surface area (Å²) < 4.78 is 5.79. The zero-order valence-electron chi connectivity index (χ0n) is 14.6. The van der Waals surface area contributed by atoms with Gasteiger partial charge in [0.1, 0.15) is 11.5 Å². The fourth-order valence-corrected chi connectivity index (χ4v) is 6.90. The van der Waals surface area contributed by atoms with E-state index < -0.39 is 0 Å². The van der Waals surface area contributed by atoms with E-state index in [1.165, 1.54) is 4.90 Å². The molecule has 144 valence electrons. The molecular weight excluding hydrogens is 509 g/mol. The Labute approximate surface area is 184 Å². The van der Waals surface area contributed by atoms with Crippen LogP contribution in [0.4, 0.5) is 5.69 Å². The van der Waals surface area contributed by atoms with Crippen molar-refractivity contribution in [2.24, 2.45) is 23.7 Å². The molecule has 2 aromatic rings. The maximum absolute atomic E-state index is 13.1. The summed E-state index contributed by atoms with van der Waals surface area (Å²) in [4.78, 5) is 28.0. The zero-order valence-corrected chi connectivity index (χ0v) is 18.5. The molecule has 1 saturated heterocycles. The van der Waals surface area contributed by atoms with Gasteiger partial charge in [-0.2, -0.15) is 0 Å². The molecule has 0 spiro atoms. The van der Waals surface area contributed by atoms with Crippen LogP contribution in [0, 0.1) is 23.7 Å². The van der Waals surface area contributed by atoms with E-state index in [0.717, 1.165) is 6.42 Å². The second kappa shape index (κ2) is 6.85. The lowest BCUT2D eigenvalue weighted by Gasteiger charge is -2.28. The van der Waals surface area contributed by atoms with Crippen LogP contribution in [0.1, 0.15) is 6.42 Å². The van der Waals surface area contributed by atoms with E-state index in [9.17, 15) is 9.59 Å². The molecule has 1 heterocycles. The summed E-state index contributed by atoms with van der Waals surface area (Å²) in [5.41, 5.74) is 0.601. The van der Waals surface area contributed by atoms with Crippen molar-refractivity contribution in [2.45, 2.75) is 16.1 Å². The molecule has 6 atom stereocenters. The van der Waals surface area contributed by atoms with E-state index in [1.807, 2.05) is 0 Å². The molecule has 28 heavy (non-hydrogen) atoms. The molecule has 4 nitrogen and oxygen atoms in total. The molecular formula is C21H16Br2ClNO3. The van der Waals surface area contributed by atoms with Gasteiger partial charge in [-0.1, -0.05) is 43.5 Å². The molecule has 2 amide bonds. The third kappa shape index (κ3) is 2.76. The molecule has 0 N–H and O–H groups in total. The number of hydrogen-bond donors (Lipinski definition) is 0. The Morgan fingerprint density at radius 2 is 1.29 bits per heavy atom. The van der Waals surface area contributed by atoms with E-state index in [0.29, 0.717) is 22.2 Å². The predicted molar refractivity (Wildman–Crippen MR) is 114 cm³/mol. The minimum Gasteiger partial charge on any atom is -0.457 e. The smallest absolute Gasteiger partial charge is 0.238 e. The number of halogens is 3. The number of carbonyl (C=O) groups is 2. The Kier molecular flexibility index (Phi) is 4.56. The topological polar surface area (TPSA) is 46.6 Å². The Morgan fingerprint density at radius 3 is 1.79 bits per heavy atom. The van der Waals surface area contributed by atoms with Gasteiger partial charge in [-0.15, -0.1) is 0 Å². The minimum atomic E-state index is -0.208. The number of benzene rings is 2. The first kappa shape index (κ1) is 18.6. The maximum Gasteiger partial charge on any atom is 0.238 e. The molecule has 2 bridgehead atoms. The van der Waals surface area contributed by atoms with Crippen molar-refractivity contribution >= 4 is 61.0 Å². The van der Waals surface area contributed by atoms with E-state index in [4.69, 9.17) is 16.3 Å². The van der Waals surface area contributed by atoms with Crippen LogP contribution in [0.3, 0.4) is 0 Å². The van der Waals surface area contributed by atoms with Gasteiger partial charge in [0, 0.05) is 14.7 Å². The lowest BCUT2D eigenvalue weighted by Crippen LogP contribution is -2.37. The average molecular weight is 526 g/mol. The molecule has 3 fully saturated rings. The number of nitrogens with zero attached hydrogens (tertiary/aromatic N) is 1. The van der Waals surface area contributed by atoms with Crippen LogP contribution in [-0.4, -0.2) is 21.5 Å². The normalized spacial score (nSPS) is 33.5. The summed E-state index contributed by atoms with van der Waals surface area (Å²) in [5.74, 6) is 1.17. The number of hydrogen-bond acceptors (Lipinski definition) is 3. The lowest BCUT2D eigenvalue weighted by atomic mass is 9.81. The number of alkyl halides is 2. The van der Waals surface area contributed by atoms with Crippen molar-refractivity contribution in [2.75, 3.05) is 4.90 Å². The number of fused-ring (bicyclic) bond motifs is 5. The summed E-state index contributed by atoms with van der Waals surface area (Å²) in [6.45, 7) is 0. The molecule has 2 aromatic carbocycles. The third-order valence-electron chi connectivity index (χ3n) is 6.13. The van der Waals surface area contributed by atoms with Crippen molar-refractivity contribution < 1.29 is 14.3 Å². The largest absolute Gasteiger partial charge is 0.457 e. The highest BCUT2D eigenvalue weighted by molar-refractivity contribution is 9.12. The molecule has 5 rings (SSSR count). The van der Waals surface area contributed by atoms with Crippen LogP contribution in [0.2, 0.25) is 5.02 Å². The Morgan fingerprint density at radius 1 is 0.821 bits per heavy atom. The zero-order chi connectivity index (χ0) is 19.6. The Hall–Kier alpha value is -1.37. The monoisotopic (exact) mass is 523 g/mol. The number of amides is 2. The van der Waals surface area contributed by atoms with E-state index in [-0.39, 0.29) is 45.1 Å². The highest BCUT2D eigenvalue weighted by Gasteiger charge is 2.66. The highest BCUT2D eigenvalue weighted by atomic mass is 79.9. The fourth-order valence-electron chi connectivity index (χ4n) is 4.91. The summed E-state index contributed by atoms with van der Waals surface area (Å²) in [6, 6.07) is 14.2. The summed E-state index contributed by atoms with van der Waals surface area (Å²) in [5, 5.41) is 0.643. The summed E-state index contributed by atoms with van der Waals surface area (Å²) >= 11 is 13.3. The second-order valence-electron chi connectivity index (χ2n) is 7.57. The summed E-state index contributed by atoms with van der Waals surface area (Å²) in [6.07, 6.45) is 0.931. The summed E-state index contributed by atoms with van der Waals surface area (Å²) in [7, 11) is 0. The highest BCUT2D eigenvalue weighted by Crippen LogP contribution is 2.60. The van der Waals surface area contributed by atoms with Gasteiger partial charge in [0.05, 0.1) is 17.5 Å². The molecule has 2 saturated carbocycles. The quantitative estimate of drug-likeness (QED) is 0.398. The maximum atomic E-state index is 13.1. The van der Waals surface area contributed by atoms with Crippen LogP contribution in [0.15, 0.2) is 48.5 Å². The van der Waals surface area contributed by atoms with Gasteiger partial charge in [0.25, 0.3) is 0 Å². The van der Waals surface area contributed by atoms with Crippen LogP contribution in [0.5, 0.6) is 11.5 Å². The molecule has 2 aliphatic carbocycles. The van der Waals surface area contributed by atoms with Crippen molar-refractivity contribution in [3.05, 3.63) is 53.6 Å². The predicted octanol–water partition coefficient (Wildman–Crippen LogP) is 5.41. The van der Waals surface area contributed by atoms with Crippen LogP contribution >= 0.6 is 43.5 Å². The lowest BCUT2D eigenvalue weighted by molar-refractivity contribution is -0.123. The first-order valence-corrected chi connectivity index (χ1v) is 11.4. The number of imide groups is 1. The number of ether oxygens (including phenoxy) is 1. The van der Waals surface area contributed by atoms with Crippen LogP contribution in [0.25, 0.3) is 0 Å². The third-order valence-corrected chi connectivity index (χ3v) is 9.59. The van der Waals surface area contributed by atoms with Gasteiger partial charge in [0.15, 0.2) is 0 Å². The number of carbonyl (C=O) groups excluding carboxylic acids is 2. The second-order valence-corrected chi connectivity index (χ2v) is 10.1. The number of anilines is 1. The van der Waals surface area contributed by atoms with E-state index >= 15 is 0 Å². The molecule has 7 heteroatoms. The van der Waals surface area contributed by atoms with E-state index in [2.05, 4.69) is 31.9 Å². The minimum absolute atomic E-state index is 0.0716. The van der Waals surface area contributed by atoms with Crippen molar-refractivity contribution in [1.82, 2.24) is 0 Å². The molecule has 0 radical (unpaired) electrons. The van der Waals surface area contributed by atoms with Gasteiger partial charge in [-0.05, 0) is 66.8 Å². The van der Waals surface area contributed by atoms with Gasteiger partial charge < -0.3 is 4.74 Å². The van der Waals surface area contributed by atoms with Crippen molar-refractivity contribution in [3.63, 3.8) is 0 Å². The Bertz CT molecular complexity index is 917. The Balaban J connectivity index is 1.37. The van der Waals surface area contributed by atoms with Crippen molar-refractivity contribution in [3.8, 4) is 11.5 Å². The molecule has 0 aromatic heterocycles. The van der Waals surface area contributed by atoms with Crippen LogP contribution in [-0.2, 0) is 9.59 Å². The first-order chi connectivity index (χ1) is 13.5. The fraction of sp³-hybridized carbons (Fsp3) is 0.333. The van der Waals surface area contributed by atoms with Gasteiger partial charge in [0.2, 0.25) is 11.8 Å². The average Bonchev–Trinajstić information content (AvgIpc) is 3.29. The van der Waals surface area contributed by atoms with Crippen LogP contribution < -0.4 is 9.64 Å². The molecule has 3 aliphatic rings. The SMILES string of the molecule is O=C1[C@H]2[C@@H]3C[C@H]([C@@H](Br)[C@H]3Br)[C@@H]2C(=O)N1c1ccc(Oc2ccc(Cl)cc2)cc1. The molecule has 1 aliphatic heterocycles. The molecule has 0 unspecified atom stereocenters. The van der Waals surface area contributed by atoms with Gasteiger partial charge in [-0.3, -0.25) is 14.5 Å². The van der Waals surface area contributed by atoms with Crippen molar-refractivity contribution in [1.29, 1.82) is 0 Å². The number of rotatable bonds is 3.